The molecule has 0 aliphatic carbocycles. The second-order valence-electron chi connectivity index (χ2n) is 4.96. The van der Waals surface area contributed by atoms with Gasteiger partial charge in [-0.05, 0) is 38.1 Å². The molecule has 0 spiro atoms. The van der Waals surface area contributed by atoms with Gasteiger partial charge in [0.1, 0.15) is 0 Å². The van der Waals surface area contributed by atoms with Crippen molar-refractivity contribution in [2.75, 3.05) is 18.4 Å². The fourth-order valence-corrected chi connectivity index (χ4v) is 2.44. The zero-order valence-corrected chi connectivity index (χ0v) is 11.1. The molecule has 2 heterocycles. The van der Waals surface area contributed by atoms with Crippen LogP contribution in [0.3, 0.4) is 0 Å². The normalized spacial score (nSPS) is 16.0. The third kappa shape index (κ3) is 2.88. The standard InChI is InChI=1S/C15H17N3O2/c19-15(11-4-6-16-7-5-11)18-13-3-1-2-12(8-13)14-9-17-10-20-14/h1-3,8-11,16H,4-7H2,(H,18,19). The second-order valence-corrected chi connectivity index (χ2v) is 4.96. The second kappa shape index (κ2) is 5.88. The van der Waals surface area contributed by atoms with Crippen LogP contribution in [0, 0.1) is 5.92 Å². The molecular formula is C15H17N3O2. The highest BCUT2D eigenvalue weighted by atomic mass is 16.3. The zero-order valence-electron chi connectivity index (χ0n) is 11.1. The van der Waals surface area contributed by atoms with Gasteiger partial charge in [-0.1, -0.05) is 12.1 Å². The molecule has 0 bridgehead atoms. The molecule has 20 heavy (non-hydrogen) atoms. The van der Waals surface area contributed by atoms with Crippen LogP contribution in [0.5, 0.6) is 0 Å². The lowest BCUT2D eigenvalue weighted by Gasteiger charge is -2.21. The van der Waals surface area contributed by atoms with Gasteiger partial charge in [0.15, 0.2) is 12.2 Å². The minimum Gasteiger partial charge on any atom is -0.444 e. The van der Waals surface area contributed by atoms with Crippen LogP contribution in [0.1, 0.15) is 12.8 Å². The van der Waals surface area contributed by atoms with Crippen molar-refractivity contribution < 1.29 is 9.21 Å². The smallest absolute Gasteiger partial charge is 0.227 e. The third-order valence-electron chi connectivity index (χ3n) is 3.56. The number of carbonyl (C=O) groups is 1. The molecule has 1 fully saturated rings. The van der Waals surface area contributed by atoms with Gasteiger partial charge in [0.2, 0.25) is 5.91 Å². The summed E-state index contributed by atoms with van der Waals surface area (Å²) in [4.78, 5) is 16.1. The van der Waals surface area contributed by atoms with Gasteiger partial charge in [0.05, 0.1) is 6.20 Å². The monoisotopic (exact) mass is 271 g/mol. The Bertz CT molecular complexity index is 575. The molecule has 1 aliphatic rings. The number of anilines is 1. The number of rotatable bonds is 3. The number of nitrogens with zero attached hydrogens (tertiary/aromatic N) is 1. The van der Waals surface area contributed by atoms with Crippen LogP contribution in [-0.4, -0.2) is 24.0 Å². The Morgan fingerprint density at radius 2 is 2.20 bits per heavy atom. The van der Waals surface area contributed by atoms with E-state index in [1.165, 1.54) is 6.39 Å². The molecule has 2 aromatic rings. The summed E-state index contributed by atoms with van der Waals surface area (Å²) in [6.45, 7) is 1.83. The Labute approximate surface area is 117 Å². The maximum atomic E-state index is 12.2. The Hall–Kier alpha value is -2.14. The molecule has 5 heteroatoms. The maximum absolute atomic E-state index is 12.2. The molecule has 0 saturated carbocycles. The van der Waals surface area contributed by atoms with E-state index in [4.69, 9.17) is 4.42 Å². The molecule has 104 valence electrons. The number of hydrogen-bond donors (Lipinski definition) is 2. The van der Waals surface area contributed by atoms with Crippen LogP contribution >= 0.6 is 0 Å². The molecule has 1 aromatic carbocycles. The fourth-order valence-electron chi connectivity index (χ4n) is 2.44. The van der Waals surface area contributed by atoms with E-state index in [-0.39, 0.29) is 11.8 Å². The molecule has 1 aliphatic heterocycles. The molecular weight excluding hydrogens is 254 g/mol. The SMILES string of the molecule is O=C(Nc1cccc(-c2cnco2)c1)C1CCNCC1. The average molecular weight is 271 g/mol. The summed E-state index contributed by atoms with van der Waals surface area (Å²) >= 11 is 0. The van der Waals surface area contributed by atoms with Crippen molar-refractivity contribution in [2.45, 2.75) is 12.8 Å². The van der Waals surface area contributed by atoms with Gasteiger partial charge in [0, 0.05) is 17.2 Å². The Kier molecular flexibility index (Phi) is 3.78. The number of amides is 1. The number of hydrogen-bond acceptors (Lipinski definition) is 4. The summed E-state index contributed by atoms with van der Waals surface area (Å²) in [6, 6.07) is 7.62. The molecule has 5 nitrogen and oxygen atoms in total. The van der Waals surface area contributed by atoms with Crippen molar-refractivity contribution in [1.82, 2.24) is 10.3 Å². The number of piperidine rings is 1. The predicted octanol–water partition coefficient (Wildman–Crippen LogP) is 2.28. The highest BCUT2D eigenvalue weighted by molar-refractivity contribution is 5.93. The predicted molar refractivity (Wildman–Crippen MR) is 76.2 cm³/mol. The van der Waals surface area contributed by atoms with Crippen LogP contribution in [0.25, 0.3) is 11.3 Å². The van der Waals surface area contributed by atoms with Gasteiger partial charge in [0.25, 0.3) is 0 Å². The van der Waals surface area contributed by atoms with Gasteiger partial charge in [-0.3, -0.25) is 4.79 Å². The van der Waals surface area contributed by atoms with Crippen molar-refractivity contribution in [3.05, 3.63) is 36.9 Å². The number of aromatic nitrogens is 1. The van der Waals surface area contributed by atoms with E-state index in [0.717, 1.165) is 37.2 Å². The van der Waals surface area contributed by atoms with Crippen molar-refractivity contribution in [3.8, 4) is 11.3 Å². The summed E-state index contributed by atoms with van der Waals surface area (Å²) in [7, 11) is 0. The molecule has 0 unspecified atom stereocenters. The van der Waals surface area contributed by atoms with Crippen LogP contribution in [0.2, 0.25) is 0 Å². The largest absolute Gasteiger partial charge is 0.444 e. The van der Waals surface area contributed by atoms with Crippen LogP contribution in [-0.2, 0) is 4.79 Å². The van der Waals surface area contributed by atoms with E-state index in [2.05, 4.69) is 15.6 Å². The molecule has 0 atom stereocenters. The quantitative estimate of drug-likeness (QED) is 0.898. The number of benzene rings is 1. The molecule has 0 radical (unpaired) electrons. The zero-order chi connectivity index (χ0) is 13.8. The highest BCUT2D eigenvalue weighted by Crippen LogP contribution is 2.23. The summed E-state index contributed by atoms with van der Waals surface area (Å²) in [5.41, 5.74) is 1.70. The van der Waals surface area contributed by atoms with Gasteiger partial charge in [-0.15, -0.1) is 0 Å². The molecule has 2 N–H and O–H groups in total. The van der Waals surface area contributed by atoms with E-state index in [1.54, 1.807) is 6.20 Å². The molecule has 1 saturated heterocycles. The van der Waals surface area contributed by atoms with Gasteiger partial charge in [-0.25, -0.2) is 4.98 Å². The van der Waals surface area contributed by atoms with Crippen molar-refractivity contribution in [2.24, 2.45) is 5.92 Å². The molecule has 1 amide bonds. The van der Waals surface area contributed by atoms with Crippen LogP contribution in [0.15, 0.2) is 41.3 Å². The van der Waals surface area contributed by atoms with Gasteiger partial charge < -0.3 is 15.1 Å². The summed E-state index contributed by atoms with van der Waals surface area (Å²) in [6.07, 6.45) is 4.85. The Morgan fingerprint density at radius 1 is 1.35 bits per heavy atom. The minimum absolute atomic E-state index is 0.0984. The van der Waals surface area contributed by atoms with Crippen LogP contribution in [0.4, 0.5) is 5.69 Å². The van der Waals surface area contributed by atoms with E-state index in [9.17, 15) is 4.79 Å². The maximum Gasteiger partial charge on any atom is 0.227 e. The first kappa shape index (κ1) is 12.9. The summed E-state index contributed by atoms with van der Waals surface area (Å²) < 4.78 is 5.26. The third-order valence-corrected chi connectivity index (χ3v) is 3.56. The van der Waals surface area contributed by atoms with E-state index < -0.39 is 0 Å². The highest BCUT2D eigenvalue weighted by Gasteiger charge is 2.20. The number of carbonyl (C=O) groups excluding carboxylic acids is 1. The summed E-state index contributed by atoms with van der Waals surface area (Å²) in [5.74, 6) is 0.898. The van der Waals surface area contributed by atoms with Crippen molar-refractivity contribution in [3.63, 3.8) is 0 Å². The first-order chi connectivity index (χ1) is 9.83. The first-order valence-corrected chi connectivity index (χ1v) is 6.83. The summed E-state index contributed by atoms with van der Waals surface area (Å²) in [5, 5.41) is 6.25. The van der Waals surface area contributed by atoms with Crippen molar-refractivity contribution >= 4 is 11.6 Å². The van der Waals surface area contributed by atoms with Crippen LogP contribution < -0.4 is 10.6 Å². The van der Waals surface area contributed by atoms with E-state index >= 15 is 0 Å². The fraction of sp³-hybridized carbons (Fsp3) is 0.333. The average Bonchev–Trinajstić information content (AvgIpc) is 3.03. The van der Waals surface area contributed by atoms with Gasteiger partial charge >= 0.3 is 0 Å². The molecule has 1 aromatic heterocycles. The lowest BCUT2D eigenvalue weighted by Crippen LogP contribution is -2.34. The molecule has 3 rings (SSSR count). The Balaban J connectivity index is 1.71. The number of oxazole rings is 1. The van der Waals surface area contributed by atoms with Crippen molar-refractivity contribution in [1.29, 1.82) is 0 Å². The lowest BCUT2D eigenvalue weighted by atomic mass is 9.97. The first-order valence-electron chi connectivity index (χ1n) is 6.83. The minimum atomic E-state index is 0.0984. The van der Waals surface area contributed by atoms with E-state index in [1.807, 2.05) is 24.3 Å². The number of nitrogens with one attached hydrogen (secondary N) is 2. The van der Waals surface area contributed by atoms with Gasteiger partial charge in [-0.2, -0.15) is 0 Å². The lowest BCUT2D eigenvalue weighted by molar-refractivity contribution is -0.120. The Morgan fingerprint density at radius 3 is 2.95 bits per heavy atom. The topological polar surface area (TPSA) is 67.2 Å². The van der Waals surface area contributed by atoms with E-state index in [0.29, 0.717) is 5.76 Å².